The summed E-state index contributed by atoms with van der Waals surface area (Å²) < 4.78 is 5.41. The van der Waals surface area contributed by atoms with Gasteiger partial charge in [0, 0.05) is 17.0 Å². The summed E-state index contributed by atoms with van der Waals surface area (Å²) in [5.74, 6) is 0.643. The fourth-order valence-electron chi connectivity index (χ4n) is 3.67. The van der Waals surface area contributed by atoms with Crippen LogP contribution in [0.3, 0.4) is 0 Å². The summed E-state index contributed by atoms with van der Waals surface area (Å²) in [5, 5.41) is 1.55. The van der Waals surface area contributed by atoms with Crippen LogP contribution in [0.2, 0.25) is 0 Å². The van der Waals surface area contributed by atoms with Gasteiger partial charge in [0.2, 0.25) is 0 Å². The van der Waals surface area contributed by atoms with Gasteiger partial charge in [-0.1, -0.05) is 12.1 Å². The molecular formula is C23H24N3O3+. The summed E-state index contributed by atoms with van der Waals surface area (Å²) in [6.07, 6.45) is 0. The summed E-state index contributed by atoms with van der Waals surface area (Å²) in [4.78, 5) is 33.1. The first-order valence-electron chi connectivity index (χ1n) is 9.80. The number of hydrogen-bond donors (Lipinski definition) is 2. The third-order valence-corrected chi connectivity index (χ3v) is 5.46. The molecule has 0 saturated heterocycles. The Morgan fingerprint density at radius 3 is 2.55 bits per heavy atom. The molecule has 6 nitrogen and oxygen atoms in total. The zero-order valence-corrected chi connectivity index (χ0v) is 16.8. The molecule has 0 radical (unpaired) electrons. The molecule has 29 heavy (non-hydrogen) atoms. The molecule has 0 bridgehead atoms. The van der Waals surface area contributed by atoms with Crippen molar-refractivity contribution >= 4 is 21.9 Å². The highest BCUT2D eigenvalue weighted by Crippen LogP contribution is 2.21. The molecule has 0 aliphatic rings. The zero-order valence-electron chi connectivity index (χ0n) is 16.8. The smallest absolute Gasteiger partial charge is 0.336 e. The number of aryl methyl sites for hydroxylation is 2. The number of para-hydroxylation sites is 1. The van der Waals surface area contributed by atoms with Crippen molar-refractivity contribution < 1.29 is 9.32 Å². The Morgan fingerprint density at radius 1 is 1.00 bits per heavy atom. The number of quaternary nitrogens is 1. The van der Waals surface area contributed by atoms with E-state index in [9.17, 15) is 9.59 Å². The van der Waals surface area contributed by atoms with Crippen molar-refractivity contribution in [3.05, 3.63) is 85.8 Å². The molecule has 148 valence electrons. The predicted molar refractivity (Wildman–Crippen MR) is 113 cm³/mol. The van der Waals surface area contributed by atoms with Crippen molar-refractivity contribution in [1.82, 2.24) is 9.97 Å². The van der Waals surface area contributed by atoms with E-state index >= 15 is 0 Å². The normalized spacial score (nSPS) is 12.5. The van der Waals surface area contributed by atoms with Crippen LogP contribution in [-0.2, 0) is 13.1 Å². The van der Waals surface area contributed by atoms with Gasteiger partial charge in [0.1, 0.15) is 18.7 Å². The van der Waals surface area contributed by atoms with Gasteiger partial charge < -0.3 is 14.3 Å². The minimum Gasteiger partial charge on any atom is -0.423 e. The molecule has 1 atom stereocenters. The standard InChI is InChI=1S/C23H23N3O3/c1-4-26(13-21-24-19-8-6-5-7-17(19)23(28)25-21)12-16-11-22(27)29-20-10-15(3)14(2)9-18(16)20/h5-11H,4,12-13H2,1-3H3,(H,24,25,28)/p+1. The lowest BCUT2D eigenvalue weighted by molar-refractivity contribution is -0.926. The molecule has 2 heterocycles. The van der Waals surface area contributed by atoms with Gasteiger partial charge in [0.05, 0.1) is 17.4 Å². The monoisotopic (exact) mass is 390 g/mol. The Morgan fingerprint density at radius 2 is 1.76 bits per heavy atom. The molecule has 0 saturated carbocycles. The van der Waals surface area contributed by atoms with Crippen LogP contribution in [-0.4, -0.2) is 16.5 Å². The quantitative estimate of drug-likeness (QED) is 0.512. The summed E-state index contributed by atoms with van der Waals surface area (Å²) in [5.41, 5.74) is 4.03. The van der Waals surface area contributed by atoms with Crippen LogP contribution in [0.25, 0.3) is 21.9 Å². The third-order valence-electron chi connectivity index (χ3n) is 5.46. The summed E-state index contributed by atoms with van der Waals surface area (Å²) >= 11 is 0. The van der Waals surface area contributed by atoms with Crippen LogP contribution >= 0.6 is 0 Å². The minimum atomic E-state index is -0.344. The second kappa shape index (κ2) is 7.64. The lowest BCUT2D eigenvalue weighted by atomic mass is 10.0. The maximum absolute atomic E-state index is 12.4. The van der Waals surface area contributed by atoms with Crippen LogP contribution < -0.4 is 16.1 Å². The van der Waals surface area contributed by atoms with Crippen LogP contribution in [0.5, 0.6) is 0 Å². The molecule has 4 aromatic rings. The Bertz CT molecular complexity index is 1320. The van der Waals surface area contributed by atoms with E-state index in [0.717, 1.165) is 28.6 Å². The first-order valence-corrected chi connectivity index (χ1v) is 9.80. The molecule has 6 heteroatoms. The first kappa shape index (κ1) is 19.1. The second-order valence-electron chi connectivity index (χ2n) is 7.51. The number of aromatic nitrogens is 2. The summed E-state index contributed by atoms with van der Waals surface area (Å²) in [6, 6.07) is 12.9. The van der Waals surface area contributed by atoms with E-state index in [2.05, 4.69) is 29.9 Å². The van der Waals surface area contributed by atoms with Gasteiger partial charge in [-0.3, -0.25) is 4.79 Å². The van der Waals surface area contributed by atoms with Crippen LogP contribution in [0.15, 0.2) is 56.5 Å². The molecule has 0 spiro atoms. The fourth-order valence-corrected chi connectivity index (χ4v) is 3.67. The lowest BCUT2D eigenvalue weighted by Crippen LogP contribution is -3.09. The van der Waals surface area contributed by atoms with Crippen molar-refractivity contribution in [2.24, 2.45) is 0 Å². The molecule has 4 rings (SSSR count). The molecular weight excluding hydrogens is 366 g/mol. The van der Waals surface area contributed by atoms with E-state index in [4.69, 9.17) is 4.42 Å². The van der Waals surface area contributed by atoms with E-state index in [1.165, 1.54) is 4.90 Å². The SMILES string of the molecule is CC[NH+](Cc1nc2ccccc2c(=O)[nH]1)Cc1cc(=O)oc2cc(C)c(C)cc12. The maximum atomic E-state index is 12.4. The van der Waals surface area contributed by atoms with E-state index < -0.39 is 0 Å². The van der Waals surface area contributed by atoms with Crippen molar-refractivity contribution in [2.75, 3.05) is 6.54 Å². The maximum Gasteiger partial charge on any atom is 0.336 e. The Hall–Kier alpha value is -3.25. The van der Waals surface area contributed by atoms with Gasteiger partial charge >= 0.3 is 5.63 Å². The van der Waals surface area contributed by atoms with Gasteiger partial charge in [-0.05, 0) is 56.2 Å². The topological polar surface area (TPSA) is 80.4 Å². The van der Waals surface area contributed by atoms with Crippen molar-refractivity contribution in [2.45, 2.75) is 33.9 Å². The molecule has 2 N–H and O–H groups in total. The molecule has 2 aromatic heterocycles. The van der Waals surface area contributed by atoms with E-state index in [1.807, 2.05) is 31.2 Å². The van der Waals surface area contributed by atoms with Gasteiger partial charge in [-0.25, -0.2) is 9.78 Å². The molecule has 0 fully saturated rings. The Kier molecular flexibility index (Phi) is 5.03. The average molecular weight is 390 g/mol. The van der Waals surface area contributed by atoms with Crippen LogP contribution in [0.4, 0.5) is 0 Å². The number of H-pyrrole nitrogens is 1. The van der Waals surface area contributed by atoms with Gasteiger partial charge in [0.25, 0.3) is 5.56 Å². The van der Waals surface area contributed by atoms with Crippen LogP contribution in [0.1, 0.15) is 29.4 Å². The number of rotatable bonds is 5. The number of fused-ring (bicyclic) bond motifs is 2. The van der Waals surface area contributed by atoms with Crippen LogP contribution in [0, 0.1) is 13.8 Å². The van der Waals surface area contributed by atoms with Crippen molar-refractivity contribution in [3.8, 4) is 0 Å². The van der Waals surface area contributed by atoms with E-state index in [0.29, 0.717) is 35.4 Å². The Labute approximate surface area is 167 Å². The fraction of sp³-hybridized carbons (Fsp3) is 0.261. The number of hydrogen-bond acceptors (Lipinski definition) is 4. The largest absolute Gasteiger partial charge is 0.423 e. The molecule has 0 amide bonds. The van der Waals surface area contributed by atoms with E-state index in [1.54, 1.807) is 12.1 Å². The number of nitrogens with zero attached hydrogens (tertiary/aromatic N) is 1. The highest BCUT2D eigenvalue weighted by atomic mass is 16.4. The number of aromatic amines is 1. The molecule has 1 unspecified atom stereocenters. The molecule has 2 aromatic carbocycles. The molecule has 0 aliphatic heterocycles. The lowest BCUT2D eigenvalue weighted by Gasteiger charge is -2.18. The third kappa shape index (κ3) is 3.84. The average Bonchev–Trinajstić information content (AvgIpc) is 2.69. The number of benzene rings is 2. The molecule has 0 aliphatic carbocycles. The predicted octanol–water partition coefficient (Wildman–Crippen LogP) is 2.25. The first-order chi connectivity index (χ1) is 13.9. The van der Waals surface area contributed by atoms with Gasteiger partial charge in [0.15, 0.2) is 5.82 Å². The Balaban J connectivity index is 1.69. The minimum absolute atomic E-state index is 0.127. The summed E-state index contributed by atoms with van der Waals surface area (Å²) in [7, 11) is 0. The van der Waals surface area contributed by atoms with E-state index in [-0.39, 0.29) is 11.2 Å². The summed E-state index contributed by atoms with van der Waals surface area (Å²) in [6.45, 7) is 8.16. The highest BCUT2D eigenvalue weighted by molar-refractivity contribution is 5.81. The second-order valence-corrected chi connectivity index (χ2v) is 7.51. The number of nitrogens with one attached hydrogen (secondary N) is 2. The van der Waals surface area contributed by atoms with Crippen molar-refractivity contribution in [3.63, 3.8) is 0 Å². The van der Waals surface area contributed by atoms with Gasteiger partial charge in [-0.2, -0.15) is 0 Å². The van der Waals surface area contributed by atoms with Crippen molar-refractivity contribution in [1.29, 1.82) is 0 Å². The van der Waals surface area contributed by atoms with Gasteiger partial charge in [-0.15, -0.1) is 0 Å². The zero-order chi connectivity index (χ0) is 20.5. The highest BCUT2D eigenvalue weighted by Gasteiger charge is 2.16.